The Hall–Kier alpha value is -0.940. The Morgan fingerprint density at radius 3 is 3.12 bits per heavy atom. The molecular weight excluding hydrogens is 222 g/mol. The van der Waals surface area contributed by atoms with E-state index in [2.05, 4.69) is 17.2 Å². The monoisotopic (exact) mass is 239 g/mol. The fourth-order valence-electron chi connectivity index (χ4n) is 2.07. The fraction of sp³-hybridized carbons (Fsp3) is 0.636. The van der Waals surface area contributed by atoms with Crippen LogP contribution in [0.25, 0.3) is 0 Å². The number of rotatable bonds is 4. The molecule has 0 radical (unpaired) electrons. The van der Waals surface area contributed by atoms with Crippen LogP contribution >= 0.6 is 11.3 Å². The van der Waals surface area contributed by atoms with Gasteiger partial charge in [0, 0.05) is 30.6 Å². The number of hydrogen-bond acceptors (Lipinski definition) is 4. The van der Waals surface area contributed by atoms with Gasteiger partial charge in [0.2, 0.25) is 5.91 Å². The number of thiazole rings is 1. The van der Waals surface area contributed by atoms with Gasteiger partial charge >= 0.3 is 0 Å². The van der Waals surface area contributed by atoms with Crippen molar-refractivity contribution >= 4 is 17.2 Å². The number of hydrogen-bond donors (Lipinski definition) is 1. The van der Waals surface area contributed by atoms with Crippen molar-refractivity contribution < 1.29 is 4.79 Å². The van der Waals surface area contributed by atoms with E-state index in [4.69, 9.17) is 0 Å². The molecule has 1 aliphatic heterocycles. The van der Waals surface area contributed by atoms with Crippen molar-refractivity contribution in [3.05, 3.63) is 16.6 Å². The SMILES string of the molecule is CNC1CCN(CC(C)c2nccs2)C1=O. The zero-order chi connectivity index (χ0) is 11.5. The third kappa shape index (κ3) is 2.25. The van der Waals surface area contributed by atoms with Crippen molar-refractivity contribution in [2.45, 2.75) is 25.3 Å². The number of likely N-dealkylation sites (tertiary alicyclic amines) is 1. The highest BCUT2D eigenvalue weighted by Gasteiger charge is 2.31. The van der Waals surface area contributed by atoms with Crippen LogP contribution in [0.2, 0.25) is 0 Å². The van der Waals surface area contributed by atoms with Crippen LogP contribution in [0.5, 0.6) is 0 Å². The minimum atomic E-state index is 0.0171. The summed E-state index contributed by atoms with van der Waals surface area (Å²) in [5.74, 6) is 0.561. The van der Waals surface area contributed by atoms with Crippen LogP contribution in [0.3, 0.4) is 0 Å². The molecule has 0 aromatic carbocycles. The normalized spacial score (nSPS) is 22.8. The highest BCUT2D eigenvalue weighted by atomic mass is 32.1. The van der Waals surface area contributed by atoms with E-state index in [0.717, 1.165) is 24.5 Å². The molecule has 0 bridgehead atoms. The predicted molar refractivity (Wildman–Crippen MR) is 64.6 cm³/mol. The molecule has 1 fully saturated rings. The lowest BCUT2D eigenvalue weighted by Crippen LogP contribution is -2.37. The smallest absolute Gasteiger partial charge is 0.239 e. The molecule has 2 heterocycles. The summed E-state index contributed by atoms with van der Waals surface area (Å²) >= 11 is 1.66. The predicted octanol–water partition coefficient (Wildman–Crippen LogP) is 1.07. The van der Waals surface area contributed by atoms with Gasteiger partial charge < -0.3 is 10.2 Å². The fourth-order valence-corrected chi connectivity index (χ4v) is 2.76. The Bertz CT molecular complexity index is 352. The summed E-state index contributed by atoms with van der Waals surface area (Å²) in [6, 6.07) is 0.0171. The molecule has 16 heavy (non-hydrogen) atoms. The molecule has 1 aromatic heterocycles. The van der Waals surface area contributed by atoms with Crippen molar-refractivity contribution in [2.75, 3.05) is 20.1 Å². The Balaban J connectivity index is 1.93. The van der Waals surface area contributed by atoms with Gasteiger partial charge in [-0.3, -0.25) is 4.79 Å². The third-order valence-corrected chi connectivity index (χ3v) is 4.02. The Labute approximate surface area is 99.7 Å². The average Bonchev–Trinajstić information content (AvgIpc) is 2.89. The van der Waals surface area contributed by atoms with Crippen LogP contribution < -0.4 is 5.32 Å². The Kier molecular flexibility index (Phi) is 3.56. The zero-order valence-corrected chi connectivity index (χ0v) is 10.5. The molecule has 1 saturated heterocycles. The summed E-state index contributed by atoms with van der Waals surface area (Å²) in [7, 11) is 1.84. The highest BCUT2D eigenvalue weighted by Crippen LogP contribution is 2.21. The molecule has 0 spiro atoms. The lowest BCUT2D eigenvalue weighted by Gasteiger charge is -2.20. The summed E-state index contributed by atoms with van der Waals surface area (Å²) in [6.45, 7) is 3.77. The third-order valence-electron chi connectivity index (χ3n) is 3.01. The van der Waals surface area contributed by atoms with Gasteiger partial charge in [-0.2, -0.15) is 0 Å². The van der Waals surface area contributed by atoms with Gasteiger partial charge in [0.1, 0.15) is 0 Å². The standard InChI is InChI=1S/C11H17N3OS/c1-8(10-13-4-6-16-10)7-14-5-3-9(12-2)11(14)15/h4,6,8-9,12H,3,5,7H2,1-2H3. The number of likely N-dealkylation sites (N-methyl/N-ethyl adjacent to an activating group) is 1. The largest absolute Gasteiger partial charge is 0.341 e. The Morgan fingerprint density at radius 1 is 1.75 bits per heavy atom. The zero-order valence-electron chi connectivity index (χ0n) is 9.64. The molecule has 2 atom stereocenters. The van der Waals surface area contributed by atoms with Crippen LogP contribution in [0, 0.1) is 0 Å². The van der Waals surface area contributed by atoms with Crippen LogP contribution in [0.1, 0.15) is 24.3 Å². The second-order valence-electron chi connectivity index (χ2n) is 4.19. The van der Waals surface area contributed by atoms with Crippen LogP contribution in [0.15, 0.2) is 11.6 Å². The summed E-state index contributed by atoms with van der Waals surface area (Å²) in [5.41, 5.74) is 0. The van der Waals surface area contributed by atoms with Crippen LogP contribution in [-0.4, -0.2) is 42.0 Å². The molecule has 2 rings (SSSR count). The van der Waals surface area contributed by atoms with E-state index in [-0.39, 0.29) is 11.9 Å². The highest BCUT2D eigenvalue weighted by molar-refractivity contribution is 7.09. The van der Waals surface area contributed by atoms with Crippen LogP contribution in [0.4, 0.5) is 0 Å². The second-order valence-corrected chi connectivity index (χ2v) is 5.11. The maximum atomic E-state index is 11.9. The van der Waals surface area contributed by atoms with E-state index in [0.29, 0.717) is 5.92 Å². The summed E-state index contributed by atoms with van der Waals surface area (Å²) in [4.78, 5) is 18.1. The summed E-state index contributed by atoms with van der Waals surface area (Å²) in [6.07, 6.45) is 2.73. The number of nitrogens with zero attached hydrogens (tertiary/aromatic N) is 2. The topological polar surface area (TPSA) is 45.2 Å². The first-order valence-corrected chi connectivity index (χ1v) is 6.45. The second kappa shape index (κ2) is 4.93. The lowest BCUT2D eigenvalue weighted by molar-refractivity contribution is -0.129. The van der Waals surface area contributed by atoms with Gasteiger partial charge in [0.25, 0.3) is 0 Å². The number of amides is 1. The van der Waals surface area contributed by atoms with Crippen molar-refractivity contribution in [3.8, 4) is 0 Å². The van der Waals surface area contributed by atoms with E-state index < -0.39 is 0 Å². The molecule has 2 unspecified atom stereocenters. The summed E-state index contributed by atoms with van der Waals surface area (Å²) in [5, 5.41) is 6.14. The maximum Gasteiger partial charge on any atom is 0.239 e. The maximum absolute atomic E-state index is 11.9. The van der Waals surface area contributed by atoms with Crippen molar-refractivity contribution in [1.29, 1.82) is 0 Å². The molecule has 88 valence electrons. The minimum absolute atomic E-state index is 0.0171. The van der Waals surface area contributed by atoms with E-state index in [1.807, 2.05) is 23.5 Å². The average molecular weight is 239 g/mol. The number of carbonyl (C=O) groups excluding carboxylic acids is 1. The molecule has 1 amide bonds. The Morgan fingerprint density at radius 2 is 2.56 bits per heavy atom. The van der Waals surface area contributed by atoms with Gasteiger partial charge in [-0.05, 0) is 13.5 Å². The number of carbonyl (C=O) groups is 1. The molecule has 1 N–H and O–H groups in total. The minimum Gasteiger partial charge on any atom is -0.341 e. The van der Waals surface area contributed by atoms with Crippen molar-refractivity contribution in [1.82, 2.24) is 15.2 Å². The first-order valence-electron chi connectivity index (χ1n) is 5.58. The van der Waals surface area contributed by atoms with Gasteiger partial charge in [0.05, 0.1) is 11.0 Å². The van der Waals surface area contributed by atoms with Crippen molar-refractivity contribution in [2.24, 2.45) is 0 Å². The van der Waals surface area contributed by atoms with Gasteiger partial charge in [0.15, 0.2) is 0 Å². The van der Waals surface area contributed by atoms with E-state index in [9.17, 15) is 4.79 Å². The first kappa shape index (κ1) is 11.5. The van der Waals surface area contributed by atoms with Crippen molar-refractivity contribution in [3.63, 3.8) is 0 Å². The molecule has 0 aliphatic carbocycles. The first-order chi connectivity index (χ1) is 7.72. The molecule has 1 aliphatic rings. The quantitative estimate of drug-likeness (QED) is 0.855. The molecule has 1 aromatic rings. The molecular formula is C11H17N3OS. The van der Waals surface area contributed by atoms with Gasteiger partial charge in [-0.25, -0.2) is 4.98 Å². The number of nitrogens with one attached hydrogen (secondary N) is 1. The van der Waals surface area contributed by atoms with E-state index in [1.54, 1.807) is 11.3 Å². The summed E-state index contributed by atoms with van der Waals surface area (Å²) < 4.78 is 0. The lowest BCUT2D eigenvalue weighted by atomic mass is 10.2. The van der Waals surface area contributed by atoms with Crippen LogP contribution in [-0.2, 0) is 4.79 Å². The van der Waals surface area contributed by atoms with E-state index >= 15 is 0 Å². The number of aromatic nitrogens is 1. The van der Waals surface area contributed by atoms with Gasteiger partial charge in [-0.15, -0.1) is 11.3 Å². The molecule has 4 nitrogen and oxygen atoms in total. The molecule has 5 heteroatoms. The molecule has 0 saturated carbocycles. The van der Waals surface area contributed by atoms with Gasteiger partial charge in [-0.1, -0.05) is 6.92 Å². The van der Waals surface area contributed by atoms with E-state index in [1.165, 1.54) is 0 Å².